The van der Waals surface area contributed by atoms with Crippen LogP contribution in [0.1, 0.15) is 245 Å². The number of ether oxygens (including phenoxy) is 1. The summed E-state index contributed by atoms with van der Waals surface area (Å²) in [6.45, 7) is 4.89. The van der Waals surface area contributed by atoms with Crippen LogP contribution >= 0.6 is 0 Å². The molecule has 0 spiro atoms. The number of hydrogen-bond donors (Lipinski definition) is 3. The Balaban J connectivity index is 3.45. The Labute approximate surface area is 311 Å². The molecule has 0 heterocycles. The highest BCUT2D eigenvalue weighted by Gasteiger charge is 2.20. The van der Waals surface area contributed by atoms with Gasteiger partial charge in [-0.3, -0.25) is 9.59 Å². The van der Waals surface area contributed by atoms with Crippen molar-refractivity contribution in [2.24, 2.45) is 0 Å². The zero-order chi connectivity index (χ0) is 36.6. The summed E-state index contributed by atoms with van der Waals surface area (Å²) in [5, 5.41) is 23.0. The normalized spacial score (nSPS) is 12.6. The third-order valence-electron chi connectivity index (χ3n) is 10.4. The molecule has 0 saturated carbocycles. The molecule has 6 nitrogen and oxygen atoms in total. The molecule has 0 rings (SSSR count). The van der Waals surface area contributed by atoms with E-state index in [9.17, 15) is 19.8 Å². The van der Waals surface area contributed by atoms with Gasteiger partial charge in [0.2, 0.25) is 5.91 Å². The number of aliphatic hydroxyl groups excluding tert-OH is 2. The number of hydrogen-bond acceptors (Lipinski definition) is 5. The maximum atomic E-state index is 12.4. The van der Waals surface area contributed by atoms with E-state index in [1.165, 1.54) is 154 Å². The van der Waals surface area contributed by atoms with Crippen molar-refractivity contribution in [3.8, 4) is 0 Å². The summed E-state index contributed by atoms with van der Waals surface area (Å²) in [4.78, 5) is 24.3. The highest BCUT2D eigenvalue weighted by molar-refractivity contribution is 5.76. The van der Waals surface area contributed by atoms with E-state index < -0.39 is 12.1 Å². The third kappa shape index (κ3) is 36.6. The predicted molar refractivity (Wildman–Crippen MR) is 214 cm³/mol. The molecule has 0 aliphatic rings. The molecule has 2 unspecified atom stereocenters. The van der Waals surface area contributed by atoms with Crippen molar-refractivity contribution in [3.63, 3.8) is 0 Å². The van der Waals surface area contributed by atoms with Crippen LogP contribution in [0, 0.1) is 0 Å². The third-order valence-corrected chi connectivity index (χ3v) is 10.4. The van der Waals surface area contributed by atoms with Crippen molar-refractivity contribution in [2.75, 3.05) is 13.2 Å². The van der Waals surface area contributed by atoms with Crippen LogP contribution in [0.25, 0.3) is 0 Å². The zero-order valence-corrected chi connectivity index (χ0v) is 33.6. The fourth-order valence-electron chi connectivity index (χ4n) is 6.93. The summed E-state index contributed by atoms with van der Waals surface area (Å²) >= 11 is 0. The Morgan fingerprint density at radius 1 is 0.480 bits per heavy atom. The number of esters is 1. The van der Waals surface area contributed by atoms with Crippen molar-refractivity contribution < 1.29 is 24.5 Å². The van der Waals surface area contributed by atoms with Crippen LogP contribution in [-0.2, 0) is 14.3 Å². The minimum atomic E-state index is -0.672. The van der Waals surface area contributed by atoms with Crippen LogP contribution in [0.3, 0.4) is 0 Å². The number of carbonyl (C=O) groups excluding carboxylic acids is 2. The van der Waals surface area contributed by atoms with Crippen molar-refractivity contribution in [3.05, 3.63) is 0 Å². The molecule has 6 heteroatoms. The lowest BCUT2D eigenvalue weighted by Gasteiger charge is -2.22. The van der Waals surface area contributed by atoms with Gasteiger partial charge < -0.3 is 20.3 Å². The zero-order valence-electron chi connectivity index (χ0n) is 33.6. The van der Waals surface area contributed by atoms with Gasteiger partial charge in [-0.15, -0.1) is 0 Å². The minimum Gasteiger partial charge on any atom is -0.466 e. The minimum absolute atomic E-state index is 0.0133. The molecule has 2 atom stereocenters. The molecular formula is C44H87NO5. The van der Waals surface area contributed by atoms with Gasteiger partial charge in [0, 0.05) is 12.8 Å². The van der Waals surface area contributed by atoms with Crippen molar-refractivity contribution in [1.29, 1.82) is 0 Å². The van der Waals surface area contributed by atoms with E-state index in [0.717, 1.165) is 57.8 Å². The van der Waals surface area contributed by atoms with Crippen LogP contribution in [-0.4, -0.2) is 47.4 Å². The van der Waals surface area contributed by atoms with Gasteiger partial charge in [0.25, 0.3) is 0 Å². The first-order chi connectivity index (χ1) is 24.5. The smallest absolute Gasteiger partial charge is 0.305 e. The van der Waals surface area contributed by atoms with Crippen molar-refractivity contribution in [1.82, 2.24) is 5.32 Å². The lowest BCUT2D eigenvalue weighted by Crippen LogP contribution is -2.45. The summed E-state index contributed by atoms with van der Waals surface area (Å²) in [7, 11) is 0. The first-order valence-electron chi connectivity index (χ1n) is 22.3. The van der Waals surface area contributed by atoms with Gasteiger partial charge in [-0.2, -0.15) is 0 Å². The second-order valence-electron chi connectivity index (χ2n) is 15.4. The maximum absolute atomic E-state index is 12.4. The summed E-state index contributed by atoms with van der Waals surface area (Å²) < 4.78 is 5.44. The molecule has 0 aromatic heterocycles. The van der Waals surface area contributed by atoms with Crippen molar-refractivity contribution >= 4 is 11.9 Å². The number of nitrogens with one attached hydrogen (secondary N) is 1. The first kappa shape index (κ1) is 48.9. The van der Waals surface area contributed by atoms with Crippen molar-refractivity contribution in [2.45, 2.75) is 257 Å². The quantitative estimate of drug-likeness (QED) is 0.0434. The van der Waals surface area contributed by atoms with Crippen LogP contribution in [0.5, 0.6) is 0 Å². The second kappa shape index (κ2) is 40.6. The molecule has 0 radical (unpaired) electrons. The van der Waals surface area contributed by atoms with Gasteiger partial charge in [0.05, 0.1) is 25.4 Å². The van der Waals surface area contributed by atoms with E-state index >= 15 is 0 Å². The van der Waals surface area contributed by atoms with E-state index in [0.29, 0.717) is 25.9 Å². The second-order valence-corrected chi connectivity index (χ2v) is 15.4. The molecule has 50 heavy (non-hydrogen) atoms. The molecule has 3 N–H and O–H groups in total. The molecular weight excluding hydrogens is 622 g/mol. The average Bonchev–Trinajstić information content (AvgIpc) is 3.11. The Bertz CT molecular complexity index is 702. The van der Waals surface area contributed by atoms with E-state index in [1.807, 2.05) is 0 Å². The lowest BCUT2D eigenvalue weighted by atomic mass is 10.0. The molecule has 298 valence electrons. The van der Waals surface area contributed by atoms with Gasteiger partial charge in [0.1, 0.15) is 0 Å². The SMILES string of the molecule is CCCCCCCCCCCCCCC(=O)OCCCCCCCCCCCCCC(=O)NC(CO)C(O)CCCCCCCCCCCC. The summed E-state index contributed by atoms with van der Waals surface area (Å²) in [5.74, 6) is -0.0683. The number of amides is 1. The van der Waals surface area contributed by atoms with Gasteiger partial charge >= 0.3 is 5.97 Å². The topological polar surface area (TPSA) is 95.9 Å². The molecule has 0 aliphatic carbocycles. The monoisotopic (exact) mass is 710 g/mol. The molecule has 0 saturated heterocycles. The molecule has 0 aliphatic heterocycles. The fraction of sp³-hybridized carbons (Fsp3) is 0.955. The fourth-order valence-corrected chi connectivity index (χ4v) is 6.93. The van der Waals surface area contributed by atoms with Gasteiger partial charge in [-0.25, -0.2) is 0 Å². The largest absolute Gasteiger partial charge is 0.466 e. The van der Waals surface area contributed by atoms with Crippen LogP contribution < -0.4 is 5.32 Å². The lowest BCUT2D eigenvalue weighted by molar-refractivity contribution is -0.143. The van der Waals surface area contributed by atoms with Gasteiger partial charge in [-0.1, -0.05) is 206 Å². The van der Waals surface area contributed by atoms with E-state index in [4.69, 9.17) is 4.74 Å². The molecule has 1 amide bonds. The average molecular weight is 710 g/mol. The van der Waals surface area contributed by atoms with Crippen LogP contribution in [0.2, 0.25) is 0 Å². The number of aliphatic hydroxyl groups is 2. The molecule has 0 aromatic carbocycles. The van der Waals surface area contributed by atoms with Gasteiger partial charge in [-0.05, 0) is 25.7 Å². The number of unbranched alkanes of at least 4 members (excludes halogenated alkanes) is 30. The molecule has 0 bridgehead atoms. The highest BCUT2D eigenvalue weighted by atomic mass is 16.5. The van der Waals surface area contributed by atoms with E-state index in [2.05, 4.69) is 19.2 Å². The number of rotatable bonds is 41. The van der Waals surface area contributed by atoms with E-state index in [1.54, 1.807) is 0 Å². The molecule has 0 fully saturated rings. The summed E-state index contributed by atoms with van der Waals surface area (Å²) in [6, 6.07) is -0.551. The van der Waals surface area contributed by atoms with Crippen LogP contribution in [0.4, 0.5) is 0 Å². The Morgan fingerprint density at radius 3 is 1.22 bits per heavy atom. The first-order valence-corrected chi connectivity index (χ1v) is 22.3. The highest BCUT2D eigenvalue weighted by Crippen LogP contribution is 2.16. The summed E-state index contributed by atoms with van der Waals surface area (Å²) in [6.07, 6.45) is 41.9. The Morgan fingerprint density at radius 2 is 0.820 bits per heavy atom. The standard InChI is InChI=1S/C44H87NO5/c1-3-5-7-9-11-13-15-18-22-26-30-34-38-44(49)50-39-35-31-27-23-19-16-17-21-25-29-33-37-43(48)45-41(40-46)42(47)36-32-28-24-20-14-12-10-8-6-4-2/h41-42,46-47H,3-40H2,1-2H3,(H,45,48). The maximum Gasteiger partial charge on any atom is 0.305 e. The van der Waals surface area contributed by atoms with Crippen LogP contribution in [0.15, 0.2) is 0 Å². The molecule has 0 aromatic rings. The predicted octanol–water partition coefficient (Wildman–Crippen LogP) is 12.5. The summed E-state index contributed by atoms with van der Waals surface area (Å²) in [5.41, 5.74) is 0. The Hall–Kier alpha value is -1.14. The number of carbonyl (C=O) groups is 2. The van der Waals surface area contributed by atoms with Gasteiger partial charge in [0.15, 0.2) is 0 Å². The Kier molecular flexibility index (Phi) is 39.7. The van der Waals surface area contributed by atoms with E-state index in [-0.39, 0.29) is 18.5 Å².